The van der Waals surface area contributed by atoms with E-state index < -0.39 is 0 Å². The van der Waals surface area contributed by atoms with Crippen molar-refractivity contribution in [1.29, 1.82) is 0 Å². The first-order valence-corrected chi connectivity index (χ1v) is 6.68. The molecule has 19 heavy (non-hydrogen) atoms. The van der Waals surface area contributed by atoms with Gasteiger partial charge in [-0.3, -0.25) is 0 Å². The van der Waals surface area contributed by atoms with Crippen LogP contribution in [0.25, 0.3) is 16.7 Å². The number of hydrogen-bond acceptors (Lipinski definition) is 3. The van der Waals surface area contributed by atoms with Gasteiger partial charge in [0.2, 0.25) is 0 Å². The second kappa shape index (κ2) is 3.91. The zero-order valence-electron chi connectivity index (χ0n) is 10.8. The van der Waals surface area contributed by atoms with Gasteiger partial charge in [0, 0.05) is 5.92 Å². The minimum Gasteiger partial charge on any atom is -0.342 e. The van der Waals surface area contributed by atoms with Crippen LogP contribution < -0.4 is 0 Å². The van der Waals surface area contributed by atoms with Crippen molar-refractivity contribution in [3.63, 3.8) is 0 Å². The van der Waals surface area contributed by atoms with Crippen molar-refractivity contribution in [3.8, 4) is 5.69 Å². The predicted molar refractivity (Wildman–Crippen MR) is 72.3 cm³/mol. The fourth-order valence-electron chi connectivity index (χ4n) is 2.56. The van der Waals surface area contributed by atoms with Crippen molar-refractivity contribution in [1.82, 2.24) is 25.0 Å². The summed E-state index contributed by atoms with van der Waals surface area (Å²) < 4.78 is 1.85. The molecule has 3 aromatic rings. The normalized spacial score (nSPS) is 15.8. The monoisotopic (exact) mass is 253 g/mol. The summed E-state index contributed by atoms with van der Waals surface area (Å²) in [4.78, 5) is 7.65. The third-order valence-electron chi connectivity index (χ3n) is 3.88. The molecule has 0 amide bonds. The van der Waals surface area contributed by atoms with Crippen LogP contribution in [0.4, 0.5) is 0 Å². The van der Waals surface area contributed by atoms with Gasteiger partial charge in [-0.2, -0.15) is 0 Å². The quantitative estimate of drug-likeness (QED) is 0.764. The molecular formula is C14H15N5. The number of imidazole rings is 1. The molecule has 1 fully saturated rings. The number of nitrogens with zero attached hydrogens (tertiary/aromatic N) is 4. The highest BCUT2D eigenvalue weighted by atomic mass is 15.4. The smallest absolute Gasteiger partial charge is 0.104 e. The molecule has 0 radical (unpaired) electrons. The Labute approximate surface area is 110 Å². The Bertz CT molecular complexity index is 735. The minimum absolute atomic E-state index is 0.617. The summed E-state index contributed by atoms with van der Waals surface area (Å²) in [6.45, 7) is 1.96. The first-order valence-electron chi connectivity index (χ1n) is 6.68. The van der Waals surface area contributed by atoms with Crippen molar-refractivity contribution in [3.05, 3.63) is 35.9 Å². The molecule has 1 N–H and O–H groups in total. The molecule has 96 valence electrons. The lowest BCUT2D eigenvalue weighted by molar-refractivity contribution is 0.410. The van der Waals surface area contributed by atoms with Gasteiger partial charge < -0.3 is 4.98 Å². The Morgan fingerprint density at radius 3 is 3.00 bits per heavy atom. The number of aromatic nitrogens is 5. The maximum atomic E-state index is 4.40. The molecule has 0 unspecified atom stereocenters. The highest BCUT2D eigenvalue weighted by molar-refractivity contribution is 5.77. The van der Waals surface area contributed by atoms with E-state index >= 15 is 0 Å². The highest BCUT2D eigenvalue weighted by Crippen LogP contribution is 2.35. The Hall–Kier alpha value is -2.17. The summed E-state index contributed by atoms with van der Waals surface area (Å²) in [5.74, 6) is 1.55. The van der Waals surface area contributed by atoms with E-state index in [9.17, 15) is 0 Å². The van der Waals surface area contributed by atoms with Crippen LogP contribution in [0, 0.1) is 6.92 Å². The van der Waals surface area contributed by atoms with Crippen molar-refractivity contribution >= 4 is 11.0 Å². The lowest BCUT2D eigenvalue weighted by Crippen LogP contribution is -2.08. The summed E-state index contributed by atoms with van der Waals surface area (Å²) in [5, 5.41) is 8.52. The van der Waals surface area contributed by atoms with Crippen LogP contribution in [0.5, 0.6) is 0 Å². The number of aromatic amines is 1. The topological polar surface area (TPSA) is 59.4 Å². The average Bonchev–Trinajstić information content (AvgIpc) is 2.91. The molecule has 1 saturated carbocycles. The Kier molecular flexibility index (Phi) is 2.21. The van der Waals surface area contributed by atoms with E-state index in [1.807, 2.05) is 29.9 Å². The Morgan fingerprint density at radius 1 is 1.32 bits per heavy atom. The first-order chi connectivity index (χ1) is 9.29. The molecule has 1 aromatic carbocycles. The van der Waals surface area contributed by atoms with Gasteiger partial charge >= 0.3 is 0 Å². The van der Waals surface area contributed by atoms with E-state index in [0.29, 0.717) is 5.92 Å². The van der Waals surface area contributed by atoms with Crippen molar-refractivity contribution in [2.24, 2.45) is 0 Å². The third kappa shape index (κ3) is 1.73. The number of fused-ring (bicyclic) bond motifs is 1. The zero-order valence-corrected chi connectivity index (χ0v) is 10.8. The van der Waals surface area contributed by atoms with Crippen LogP contribution in [-0.2, 0) is 0 Å². The molecule has 0 bridgehead atoms. The highest BCUT2D eigenvalue weighted by Gasteiger charge is 2.22. The number of aryl methyl sites for hydroxylation is 1. The van der Waals surface area contributed by atoms with Gasteiger partial charge in [-0.1, -0.05) is 11.6 Å². The largest absolute Gasteiger partial charge is 0.342 e. The van der Waals surface area contributed by atoms with Crippen LogP contribution in [0.1, 0.15) is 36.7 Å². The second-order valence-corrected chi connectivity index (χ2v) is 5.24. The number of benzene rings is 1. The van der Waals surface area contributed by atoms with Crippen LogP contribution >= 0.6 is 0 Å². The third-order valence-corrected chi connectivity index (χ3v) is 3.88. The first kappa shape index (κ1) is 10.7. The van der Waals surface area contributed by atoms with Gasteiger partial charge in [-0.25, -0.2) is 9.67 Å². The van der Waals surface area contributed by atoms with E-state index in [1.54, 1.807) is 0 Å². The minimum atomic E-state index is 0.617. The Morgan fingerprint density at radius 2 is 2.21 bits per heavy atom. The lowest BCUT2D eigenvalue weighted by atomic mass is 9.83. The van der Waals surface area contributed by atoms with Gasteiger partial charge in [0.1, 0.15) is 5.82 Å². The number of hydrogen-bond donors (Lipinski definition) is 1. The summed E-state index contributed by atoms with van der Waals surface area (Å²) in [6, 6.07) is 6.11. The van der Waals surface area contributed by atoms with E-state index in [2.05, 4.69) is 26.3 Å². The van der Waals surface area contributed by atoms with Crippen LogP contribution in [-0.4, -0.2) is 25.0 Å². The molecule has 0 spiro atoms. The maximum Gasteiger partial charge on any atom is 0.104 e. The maximum absolute atomic E-state index is 4.40. The van der Waals surface area contributed by atoms with E-state index in [4.69, 9.17) is 0 Å². The van der Waals surface area contributed by atoms with Gasteiger partial charge in [0.15, 0.2) is 0 Å². The molecule has 5 nitrogen and oxygen atoms in total. The number of H-pyrrole nitrogens is 1. The van der Waals surface area contributed by atoms with Gasteiger partial charge in [-0.15, -0.1) is 5.10 Å². The van der Waals surface area contributed by atoms with Crippen LogP contribution in [0.15, 0.2) is 24.4 Å². The Balaban J connectivity index is 1.74. The van der Waals surface area contributed by atoms with Crippen LogP contribution in [0.2, 0.25) is 0 Å². The lowest BCUT2D eigenvalue weighted by Gasteiger charge is -2.22. The van der Waals surface area contributed by atoms with Gasteiger partial charge in [-0.05, 0) is 38.0 Å². The summed E-state index contributed by atoms with van der Waals surface area (Å²) in [5.41, 5.74) is 4.16. The van der Waals surface area contributed by atoms with E-state index in [1.165, 1.54) is 19.3 Å². The fraction of sp³-hybridized carbons (Fsp3) is 0.357. The summed E-state index contributed by atoms with van der Waals surface area (Å²) in [6.07, 6.45) is 5.86. The molecule has 4 rings (SSSR count). The second-order valence-electron chi connectivity index (χ2n) is 5.24. The molecule has 2 heterocycles. The standard InChI is InChI=1S/C14H15N5/c1-9-15-12-6-5-11(7-13(12)16-9)19-8-14(17-18-19)10-3-2-4-10/h5-8,10H,2-4H2,1H3,(H,15,16). The number of nitrogens with one attached hydrogen (secondary N) is 1. The SMILES string of the molecule is Cc1nc2ccc(-n3cc(C4CCC4)nn3)cc2[nH]1. The molecule has 1 aliphatic carbocycles. The molecule has 5 heteroatoms. The van der Waals surface area contributed by atoms with Crippen molar-refractivity contribution in [2.45, 2.75) is 32.1 Å². The molecule has 0 saturated heterocycles. The van der Waals surface area contributed by atoms with Gasteiger partial charge in [0.25, 0.3) is 0 Å². The fourth-order valence-corrected chi connectivity index (χ4v) is 2.56. The molecule has 1 aliphatic rings. The summed E-state index contributed by atoms with van der Waals surface area (Å²) in [7, 11) is 0. The summed E-state index contributed by atoms with van der Waals surface area (Å²) >= 11 is 0. The van der Waals surface area contributed by atoms with Crippen molar-refractivity contribution in [2.75, 3.05) is 0 Å². The molecule has 2 aromatic heterocycles. The molecule has 0 atom stereocenters. The van der Waals surface area contributed by atoms with Crippen LogP contribution in [0.3, 0.4) is 0 Å². The van der Waals surface area contributed by atoms with E-state index in [-0.39, 0.29) is 0 Å². The molecular weight excluding hydrogens is 238 g/mol. The predicted octanol–water partition coefficient (Wildman–Crippen LogP) is 2.72. The number of rotatable bonds is 2. The van der Waals surface area contributed by atoms with Crippen molar-refractivity contribution < 1.29 is 0 Å². The zero-order chi connectivity index (χ0) is 12.8. The van der Waals surface area contributed by atoms with E-state index in [0.717, 1.165) is 28.2 Å². The average molecular weight is 253 g/mol. The van der Waals surface area contributed by atoms with Gasteiger partial charge in [0.05, 0.1) is 28.6 Å². The molecule has 0 aliphatic heterocycles.